The number of aromatic hydroxyl groups is 1. The molecule has 1 unspecified atom stereocenters. The maximum atomic E-state index is 10.1. The van der Waals surface area contributed by atoms with Crippen LogP contribution in [-0.4, -0.2) is 30.5 Å². The molecular weight excluding hydrogens is 386 g/mol. The van der Waals surface area contributed by atoms with Crippen LogP contribution in [0.4, 0.5) is 0 Å². The first-order valence-electron chi connectivity index (χ1n) is 8.28. The van der Waals surface area contributed by atoms with Gasteiger partial charge in [0, 0.05) is 23.6 Å². The predicted octanol–water partition coefficient (Wildman–Crippen LogP) is 4.01. The molecule has 1 N–H and O–H groups in total. The second kappa shape index (κ2) is 6.42. The van der Waals surface area contributed by atoms with E-state index in [1.54, 1.807) is 7.11 Å². The lowest BCUT2D eigenvalue weighted by Crippen LogP contribution is -2.33. The van der Waals surface area contributed by atoms with Gasteiger partial charge < -0.3 is 19.3 Å². The van der Waals surface area contributed by atoms with Crippen molar-refractivity contribution in [3.8, 4) is 23.0 Å². The monoisotopic (exact) mass is 405 g/mol. The fourth-order valence-electron chi connectivity index (χ4n) is 3.57. The van der Waals surface area contributed by atoms with Gasteiger partial charge in [0.25, 0.3) is 0 Å². The van der Waals surface area contributed by atoms with E-state index in [1.807, 2.05) is 24.3 Å². The molecule has 0 bridgehead atoms. The van der Waals surface area contributed by atoms with Crippen LogP contribution in [0, 0.1) is 0 Å². The van der Waals surface area contributed by atoms with Crippen LogP contribution in [0.1, 0.15) is 29.7 Å². The fourth-order valence-corrected chi connectivity index (χ4v) is 4.01. The van der Waals surface area contributed by atoms with Crippen LogP contribution >= 0.6 is 15.9 Å². The maximum absolute atomic E-state index is 10.1. The molecule has 5 nitrogen and oxygen atoms in total. The van der Waals surface area contributed by atoms with Gasteiger partial charge in [-0.15, -0.1) is 0 Å². The van der Waals surface area contributed by atoms with Gasteiger partial charge in [-0.05, 0) is 54.3 Å². The molecule has 2 aromatic rings. The normalized spacial score (nSPS) is 18.9. The van der Waals surface area contributed by atoms with Gasteiger partial charge in [-0.1, -0.05) is 15.9 Å². The highest BCUT2D eigenvalue weighted by Crippen LogP contribution is 2.40. The third kappa shape index (κ3) is 2.93. The molecule has 2 heterocycles. The standard InChI is InChI=1S/C19H20BrNO4/c1-11-14-7-16(22)17(23-2)5-12(14)3-4-21(11)9-13-6-18-19(8-15(13)20)25-10-24-18/h5-8,11,22H,3-4,9-10H2,1-2H3. The van der Waals surface area contributed by atoms with Crippen molar-refractivity contribution in [2.45, 2.75) is 25.9 Å². The molecule has 0 amide bonds. The van der Waals surface area contributed by atoms with E-state index in [0.29, 0.717) is 5.75 Å². The highest BCUT2D eigenvalue weighted by molar-refractivity contribution is 9.10. The van der Waals surface area contributed by atoms with E-state index >= 15 is 0 Å². The molecule has 2 aliphatic rings. The fraction of sp³-hybridized carbons (Fsp3) is 0.368. The summed E-state index contributed by atoms with van der Waals surface area (Å²) in [4.78, 5) is 2.40. The minimum atomic E-state index is 0.194. The number of hydrogen-bond acceptors (Lipinski definition) is 5. The Balaban J connectivity index is 1.60. The molecule has 25 heavy (non-hydrogen) atoms. The summed E-state index contributed by atoms with van der Waals surface area (Å²) in [5, 5.41) is 10.1. The van der Waals surface area contributed by atoms with Gasteiger partial charge in [-0.2, -0.15) is 0 Å². The van der Waals surface area contributed by atoms with E-state index in [-0.39, 0.29) is 18.6 Å². The molecule has 0 radical (unpaired) electrons. The summed E-state index contributed by atoms with van der Waals surface area (Å²) < 4.78 is 17.2. The molecule has 0 fully saturated rings. The lowest BCUT2D eigenvalue weighted by molar-refractivity contribution is 0.173. The summed E-state index contributed by atoms with van der Waals surface area (Å²) in [6, 6.07) is 8.00. The number of methoxy groups -OCH3 is 1. The van der Waals surface area contributed by atoms with Crippen LogP contribution in [0.3, 0.4) is 0 Å². The van der Waals surface area contributed by atoms with Crippen LogP contribution in [0.2, 0.25) is 0 Å². The summed E-state index contributed by atoms with van der Waals surface area (Å²) in [5.41, 5.74) is 3.56. The minimum absolute atomic E-state index is 0.194. The topological polar surface area (TPSA) is 51.2 Å². The van der Waals surface area contributed by atoms with Gasteiger partial charge in [-0.3, -0.25) is 4.90 Å². The summed E-state index contributed by atoms with van der Waals surface area (Å²) >= 11 is 3.64. The lowest BCUT2D eigenvalue weighted by atomic mass is 9.92. The second-order valence-corrected chi connectivity index (χ2v) is 7.27. The summed E-state index contributed by atoms with van der Waals surface area (Å²) in [6.07, 6.45) is 0.929. The Bertz CT molecular complexity index is 824. The first-order valence-corrected chi connectivity index (χ1v) is 9.08. The van der Waals surface area contributed by atoms with Crippen LogP contribution in [0.5, 0.6) is 23.0 Å². The number of benzene rings is 2. The average Bonchev–Trinajstić information content (AvgIpc) is 3.04. The predicted molar refractivity (Wildman–Crippen MR) is 97.5 cm³/mol. The Morgan fingerprint density at radius 1 is 1.24 bits per heavy atom. The van der Waals surface area contributed by atoms with Gasteiger partial charge in [0.2, 0.25) is 6.79 Å². The summed E-state index contributed by atoms with van der Waals surface area (Å²) in [7, 11) is 1.58. The molecular formula is C19H20BrNO4. The van der Waals surface area contributed by atoms with Crippen molar-refractivity contribution >= 4 is 15.9 Å². The number of fused-ring (bicyclic) bond motifs is 2. The Labute approximate surface area is 155 Å². The average molecular weight is 406 g/mol. The number of nitrogens with zero attached hydrogens (tertiary/aromatic N) is 1. The smallest absolute Gasteiger partial charge is 0.231 e. The molecule has 0 saturated carbocycles. The Hall–Kier alpha value is -1.92. The number of ether oxygens (including phenoxy) is 3. The highest BCUT2D eigenvalue weighted by Gasteiger charge is 2.27. The van der Waals surface area contributed by atoms with Crippen LogP contribution < -0.4 is 14.2 Å². The number of phenols is 1. The molecule has 0 aromatic heterocycles. The van der Waals surface area contributed by atoms with Gasteiger partial charge >= 0.3 is 0 Å². The van der Waals surface area contributed by atoms with Gasteiger partial charge in [0.15, 0.2) is 23.0 Å². The van der Waals surface area contributed by atoms with Crippen molar-refractivity contribution in [2.24, 2.45) is 0 Å². The second-order valence-electron chi connectivity index (χ2n) is 6.42. The lowest BCUT2D eigenvalue weighted by Gasteiger charge is -2.35. The molecule has 0 saturated heterocycles. The first-order chi connectivity index (χ1) is 12.1. The van der Waals surface area contributed by atoms with Gasteiger partial charge in [-0.25, -0.2) is 0 Å². The number of hydrogen-bond donors (Lipinski definition) is 1. The van der Waals surface area contributed by atoms with Crippen LogP contribution in [0.25, 0.3) is 0 Å². The molecule has 1 atom stereocenters. The van der Waals surface area contributed by atoms with Crippen molar-refractivity contribution in [1.29, 1.82) is 0 Å². The van der Waals surface area contributed by atoms with E-state index in [0.717, 1.165) is 46.6 Å². The minimum Gasteiger partial charge on any atom is -0.504 e. The van der Waals surface area contributed by atoms with Crippen molar-refractivity contribution < 1.29 is 19.3 Å². The van der Waals surface area contributed by atoms with Gasteiger partial charge in [0.05, 0.1) is 7.11 Å². The Kier molecular flexibility index (Phi) is 4.25. The van der Waals surface area contributed by atoms with Crippen molar-refractivity contribution in [3.63, 3.8) is 0 Å². The molecule has 2 aliphatic heterocycles. The van der Waals surface area contributed by atoms with Crippen molar-refractivity contribution in [2.75, 3.05) is 20.4 Å². The van der Waals surface area contributed by atoms with E-state index in [9.17, 15) is 5.11 Å². The third-order valence-electron chi connectivity index (χ3n) is 5.02. The maximum Gasteiger partial charge on any atom is 0.231 e. The Morgan fingerprint density at radius 2 is 2.00 bits per heavy atom. The van der Waals surface area contributed by atoms with E-state index in [1.165, 1.54) is 5.56 Å². The number of rotatable bonds is 3. The first kappa shape index (κ1) is 16.5. The third-order valence-corrected chi connectivity index (χ3v) is 5.76. The van der Waals surface area contributed by atoms with E-state index < -0.39 is 0 Å². The molecule has 6 heteroatoms. The Morgan fingerprint density at radius 3 is 2.76 bits per heavy atom. The quantitative estimate of drug-likeness (QED) is 0.835. The SMILES string of the molecule is COc1cc2c(cc1O)C(C)N(Cc1cc3c(cc1Br)OCO3)CC2. The summed E-state index contributed by atoms with van der Waals surface area (Å²) in [5.74, 6) is 2.31. The zero-order valence-corrected chi connectivity index (χ0v) is 15.8. The van der Waals surface area contributed by atoms with Crippen molar-refractivity contribution in [3.05, 3.63) is 45.4 Å². The summed E-state index contributed by atoms with van der Waals surface area (Å²) in [6.45, 7) is 4.19. The number of phenolic OH excluding ortho intramolecular Hbond substituents is 1. The van der Waals surface area contributed by atoms with E-state index in [2.05, 4.69) is 27.8 Å². The zero-order chi connectivity index (χ0) is 17.6. The van der Waals surface area contributed by atoms with E-state index in [4.69, 9.17) is 14.2 Å². The molecule has 2 aromatic carbocycles. The number of halogens is 1. The van der Waals surface area contributed by atoms with Crippen molar-refractivity contribution in [1.82, 2.24) is 4.90 Å². The molecule has 132 valence electrons. The molecule has 0 aliphatic carbocycles. The molecule has 0 spiro atoms. The van der Waals surface area contributed by atoms with Gasteiger partial charge in [0.1, 0.15) is 0 Å². The largest absolute Gasteiger partial charge is 0.504 e. The van der Waals surface area contributed by atoms with Crippen LogP contribution in [-0.2, 0) is 13.0 Å². The highest BCUT2D eigenvalue weighted by atomic mass is 79.9. The molecule has 4 rings (SSSR count). The van der Waals surface area contributed by atoms with Crippen LogP contribution in [0.15, 0.2) is 28.7 Å². The zero-order valence-electron chi connectivity index (χ0n) is 14.2.